The second-order valence-corrected chi connectivity index (χ2v) is 17.1. The van der Waals surface area contributed by atoms with E-state index in [0.717, 1.165) is 0 Å². The van der Waals surface area contributed by atoms with Crippen LogP contribution in [-0.4, -0.2) is 4.57 Å². The number of hydrogen-bond donors (Lipinski definition) is 0. The number of thiophene rings is 1. The fraction of sp³-hybridized carbons (Fsp3) is 0. The van der Waals surface area contributed by atoms with E-state index in [9.17, 15) is 0 Å². The molecule has 0 saturated heterocycles. The molecule has 10 rings (SSSR count). The van der Waals surface area contributed by atoms with Crippen molar-refractivity contribution in [1.82, 2.24) is 4.57 Å². The van der Waals surface area contributed by atoms with Gasteiger partial charge in [0.05, 0.1) is 11.0 Å². The molecule has 242 valence electrons. The van der Waals surface area contributed by atoms with Crippen molar-refractivity contribution < 1.29 is 0 Å². The Hall–Kier alpha value is -5.87. The van der Waals surface area contributed by atoms with Crippen LogP contribution in [0.4, 0.5) is 0 Å². The third-order valence-corrected chi connectivity index (χ3v) is 15.2. The average Bonchev–Trinajstić information content (AvgIpc) is 3.76. The zero-order valence-electron chi connectivity index (χ0n) is 27.8. The van der Waals surface area contributed by atoms with Gasteiger partial charge in [0.15, 0.2) is 0 Å². The number of fused-ring (bicyclic) bond motifs is 6. The smallest absolute Gasteiger partial charge is 0.0541 e. The van der Waals surface area contributed by atoms with Crippen LogP contribution >= 0.6 is 21.4 Å². The molecule has 10 aromatic rings. The van der Waals surface area contributed by atoms with Crippen molar-refractivity contribution in [3.63, 3.8) is 0 Å². The standard InChI is InChI=1S/C48H33NS2/c1-3-16-36(17-4-1)51(37-18-5-2-6-19-37,38-31-29-34(30-32-38)40-24-14-25-44-43-23-9-12-28-47(43)50-48(40)44)39-20-13-15-35(33-39)49-45-26-10-7-21-41(45)42-22-8-11-27-46(42)49/h1-33H. The van der Waals surface area contributed by atoms with E-state index in [-0.39, 0.29) is 0 Å². The van der Waals surface area contributed by atoms with Gasteiger partial charge in [-0.1, -0.05) is 127 Å². The van der Waals surface area contributed by atoms with E-state index in [2.05, 4.69) is 205 Å². The number of aromatic nitrogens is 1. The van der Waals surface area contributed by atoms with Gasteiger partial charge in [-0.3, -0.25) is 0 Å². The lowest BCUT2D eigenvalue weighted by Crippen LogP contribution is -2.06. The summed E-state index contributed by atoms with van der Waals surface area (Å²) < 4.78 is 5.11. The summed E-state index contributed by atoms with van der Waals surface area (Å²) in [6.45, 7) is 0. The van der Waals surface area contributed by atoms with Gasteiger partial charge < -0.3 is 4.57 Å². The van der Waals surface area contributed by atoms with Gasteiger partial charge in [-0.05, 0) is 83.9 Å². The van der Waals surface area contributed by atoms with Crippen molar-refractivity contribution in [2.45, 2.75) is 19.6 Å². The lowest BCUT2D eigenvalue weighted by Gasteiger charge is -2.42. The summed E-state index contributed by atoms with van der Waals surface area (Å²) in [6.07, 6.45) is 0. The highest BCUT2D eigenvalue weighted by Gasteiger charge is 2.33. The molecule has 0 bridgehead atoms. The van der Waals surface area contributed by atoms with Crippen LogP contribution in [0.3, 0.4) is 0 Å². The summed E-state index contributed by atoms with van der Waals surface area (Å²) >= 11 is 1.89. The van der Waals surface area contributed by atoms with Gasteiger partial charge in [0.25, 0.3) is 0 Å². The monoisotopic (exact) mass is 687 g/mol. The Labute approximate surface area is 303 Å². The molecule has 51 heavy (non-hydrogen) atoms. The second kappa shape index (κ2) is 12.2. The SMILES string of the molecule is c1ccc(S(c2ccccc2)(c2ccc(-c3cccc4c3sc3ccccc34)cc2)c2cccc(-n3c4ccccc4c4ccccc43)c2)cc1. The fourth-order valence-corrected chi connectivity index (χ4v) is 13.0. The van der Waals surface area contributed by atoms with E-state index < -0.39 is 10.0 Å². The lowest BCUT2D eigenvalue weighted by molar-refractivity contribution is 1.15. The van der Waals surface area contributed by atoms with Gasteiger partial charge in [0.1, 0.15) is 0 Å². The minimum absolute atomic E-state index is 1.17. The van der Waals surface area contributed by atoms with E-state index in [1.807, 2.05) is 11.3 Å². The maximum Gasteiger partial charge on any atom is 0.0541 e. The van der Waals surface area contributed by atoms with Crippen LogP contribution in [-0.2, 0) is 0 Å². The molecule has 0 atom stereocenters. The quantitative estimate of drug-likeness (QED) is 0.164. The average molecular weight is 688 g/mol. The van der Waals surface area contributed by atoms with Gasteiger partial charge in [-0.15, -0.1) is 21.4 Å². The third kappa shape index (κ3) is 4.70. The first-order valence-corrected chi connectivity index (χ1v) is 19.8. The molecule has 0 radical (unpaired) electrons. The molecule has 0 amide bonds. The van der Waals surface area contributed by atoms with Crippen LogP contribution in [0.5, 0.6) is 0 Å². The molecule has 0 aliphatic heterocycles. The van der Waals surface area contributed by atoms with Crippen LogP contribution < -0.4 is 0 Å². The van der Waals surface area contributed by atoms with Crippen LogP contribution in [0.2, 0.25) is 0 Å². The van der Waals surface area contributed by atoms with Gasteiger partial charge in [-0.2, -0.15) is 0 Å². The van der Waals surface area contributed by atoms with Crippen LogP contribution in [0.1, 0.15) is 0 Å². The van der Waals surface area contributed by atoms with Gasteiger partial charge in [-0.25, -0.2) is 0 Å². The first-order valence-electron chi connectivity index (χ1n) is 17.3. The number of para-hydroxylation sites is 2. The maximum atomic E-state index is 2.44. The van der Waals surface area contributed by atoms with Crippen molar-refractivity contribution in [2.24, 2.45) is 0 Å². The zero-order valence-corrected chi connectivity index (χ0v) is 29.4. The molecule has 0 fully saturated rings. The van der Waals surface area contributed by atoms with E-state index in [1.54, 1.807) is 0 Å². The van der Waals surface area contributed by atoms with Gasteiger partial charge >= 0.3 is 0 Å². The van der Waals surface area contributed by atoms with Crippen molar-refractivity contribution >= 4 is 63.3 Å². The maximum absolute atomic E-state index is 2.44. The summed E-state index contributed by atoms with van der Waals surface area (Å²) in [7, 11) is -1.90. The minimum atomic E-state index is -1.90. The second-order valence-electron chi connectivity index (χ2n) is 12.9. The van der Waals surface area contributed by atoms with Crippen molar-refractivity contribution in [3.05, 3.63) is 200 Å². The van der Waals surface area contributed by atoms with E-state index >= 15 is 0 Å². The Morgan fingerprint density at radius 3 is 1.55 bits per heavy atom. The zero-order chi connectivity index (χ0) is 33.8. The predicted octanol–water partition coefficient (Wildman–Crippen LogP) is 14.2. The van der Waals surface area contributed by atoms with Gasteiger partial charge in [0.2, 0.25) is 0 Å². The largest absolute Gasteiger partial charge is 0.309 e. The Morgan fingerprint density at radius 2 is 0.882 bits per heavy atom. The van der Waals surface area contributed by atoms with Gasteiger partial charge in [0, 0.05) is 56.2 Å². The molecule has 0 aliphatic carbocycles. The molecule has 2 heterocycles. The van der Waals surface area contributed by atoms with Crippen molar-refractivity contribution in [2.75, 3.05) is 0 Å². The fourth-order valence-electron chi connectivity index (χ4n) is 7.89. The van der Waals surface area contributed by atoms with Crippen LogP contribution in [0, 0.1) is 0 Å². The third-order valence-electron chi connectivity index (χ3n) is 10.1. The van der Waals surface area contributed by atoms with Crippen molar-refractivity contribution in [3.8, 4) is 16.8 Å². The Morgan fingerprint density at radius 1 is 0.373 bits per heavy atom. The minimum Gasteiger partial charge on any atom is -0.309 e. The van der Waals surface area contributed by atoms with E-state index in [1.165, 1.54) is 78.4 Å². The molecule has 0 aliphatic rings. The molecule has 3 heteroatoms. The topological polar surface area (TPSA) is 4.93 Å². The summed E-state index contributed by atoms with van der Waals surface area (Å²) in [6, 6.07) is 74.1. The number of benzene rings is 8. The molecule has 0 saturated carbocycles. The molecule has 8 aromatic carbocycles. The summed E-state index contributed by atoms with van der Waals surface area (Å²) in [5.74, 6) is 0. The predicted molar refractivity (Wildman–Crippen MR) is 219 cm³/mol. The molecule has 0 spiro atoms. The Balaban J connectivity index is 1.21. The number of nitrogens with zero attached hydrogens (tertiary/aromatic N) is 1. The molecule has 0 N–H and O–H groups in total. The highest BCUT2D eigenvalue weighted by atomic mass is 32.3. The first-order chi connectivity index (χ1) is 25.3. The Kier molecular flexibility index (Phi) is 7.16. The van der Waals surface area contributed by atoms with Crippen molar-refractivity contribution in [1.29, 1.82) is 0 Å². The molecular weight excluding hydrogens is 655 g/mol. The van der Waals surface area contributed by atoms with Crippen LogP contribution in [0.15, 0.2) is 220 Å². The highest BCUT2D eigenvalue weighted by Crippen LogP contribution is 2.73. The summed E-state index contributed by atoms with van der Waals surface area (Å²) in [5, 5.41) is 5.20. The number of hydrogen-bond acceptors (Lipinski definition) is 1. The molecular formula is C48H33NS2. The van der Waals surface area contributed by atoms with E-state index in [4.69, 9.17) is 0 Å². The molecule has 0 unspecified atom stereocenters. The van der Waals surface area contributed by atoms with Crippen LogP contribution in [0.25, 0.3) is 58.8 Å². The normalized spacial score (nSPS) is 12.2. The number of rotatable bonds is 6. The Bertz CT molecular complexity index is 2750. The summed E-state index contributed by atoms with van der Waals surface area (Å²) in [4.78, 5) is 5.25. The lowest BCUT2D eigenvalue weighted by atomic mass is 10.0. The molecule has 2 aromatic heterocycles. The first kappa shape index (κ1) is 30.0. The molecule has 1 nitrogen and oxygen atoms in total. The van der Waals surface area contributed by atoms with E-state index in [0.29, 0.717) is 0 Å². The highest BCUT2D eigenvalue weighted by molar-refractivity contribution is 8.34. The summed E-state index contributed by atoms with van der Waals surface area (Å²) in [5.41, 5.74) is 6.13.